The number of unbranched alkanes of at least 4 members (excludes halogenated alkanes) is 4. The lowest BCUT2D eigenvalue weighted by Gasteiger charge is -2.06. The molecule has 0 saturated carbocycles. The number of benzene rings is 1. The molecule has 0 aliphatic heterocycles. The highest BCUT2D eigenvalue weighted by Gasteiger charge is 2.08. The minimum atomic E-state index is -0.391. The molecule has 100 valence electrons. The number of nitrogens with two attached hydrogens (primary N) is 1. The summed E-state index contributed by atoms with van der Waals surface area (Å²) >= 11 is 0. The third kappa shape index (κ3) is 4.65. The first-order valence-corrected chi connectivity index (χ1v) is 6.40. The molecule has 0 bridgehead atoms. The third-order valence-electron chi connectivity index (χ3n) is 2.74. The quantitative estimate of drug-likeness (QED) is 0.338. The molecule has 1 aromatic carbocycles. The number of hydrogen-bond acceptors (Lipinski definition) is 4. The van der Waals surface area contributed by atoms with E-state index in [0.717, 1.165) is 12.8 Å². The van der Waals surface area contributed by atoms with Crippen LogP contribution < -0.4 is 5.73 Å². The number of carbonyl (C=O) groups is 1. The predicted octanol–water partition coefficient (Wildman–Crippen LogP) is 3.10. The Morgan fingerprint density at radius 1 is 1.28 bits per heavy atom. The van der Waals surface area contributed by atoms with Crippen molar-refractivity contribution >= 4 is 11.7 Å². The fraction of sp³-hybridized carbons (Fsp3) is 0.500. The molecule has 0 heterocycles. The maximum atomic E-state index is 11.6. The molecular weight excluding hydrogens is 230 g/mol. The molecule has 0 amide bonds. The van der Waals surface area contributed by atoms with Gasteiger partial charge in [0.15, 0.2) is 0 Å². The van der Waals surface area contributed by atoms with E-state index in [1.165, 1.54) is 37.5 Å². The van der Waals surface area contributed by atoms with Crippen molar-refractivity contribution in [2.24, 2.45) is 0 Å². The van der Waals surface area contributed by atoms with Gasteiger partial charge in [0.25, 0.3) is 0 Å². The molecular formula is C14H21NO3. The lowest BCUT2D eigenvalue weighted by molar-refractivity contribution is 0.0497. The van der Waals surface area contributed by atoms with E-state index in [1.807, 2.05) is 0 Å². The van der Waals surface area contributed by atoms with Gasteiger partial charge in [-0.2, -0.15) is 0 Å². The number of phenols is 1. The predicted molar refractivity (Wildman–Crippen MR) is 71.6 cm³/mol. The van der Waals surface area contributed by atoms with Gasteiger partial charge >= 0.3 is 5.97 Å². The van der Waals surface area contributed by atoms with E-state index >= 15 is 0 Å². The van der Waals surface area contributed by atoms with Crippen LogP contribution in [0.2, 0.25) is 0 Å². The SMILES string of the molecule is CCCCCCCOC(=O)c1ccc(O)c(N)c1. The van der Waals surface area contributed by atoms with Crippen molar-refractivity contribution in [3.63, 3.8) is 0 Å². The Balaban J connectivity index is 2.30. The van der Waals surface area contributed by atoms with Crippen LogP contribution >= 0.6 is 0 Å². The topological polar surface area (TPSA) is 72.5 Å². The molecule has 0 atom stereocenters. The first-order valence-electron chi connectivity index (χ1n) is 6.40. The van der Waals surface area contributed by atoms with Gasteiger partial charge in [-0.05, 0) is 24.6 Å². The van der Waals surface area contributed by atoms with Gasteiger partial charge in [0.05, 0.1) is 17.9 Å². The van der Waals surface area contributed by atoms with Crippen LogP contribution in [0.1, 0.15) is 49.4 Å². The van der Waals surface area contributed by atoms with Crippen LogP contribution in [0, 0.1) is 0 Å². The summed E-state index contributed by atoms with van der Waals surface area (Å²) in [4.78, 5) is 11.6. The minimum absolute atomic E-state index is 0.0221. The first-order chi connectivity index (χ1) is 8.65. The molecule has 1 rings (SSSR count). The Bertz CT molecular complexity index is 391. The molecule has 0 fully saturated rings. The van der Waals surface area contributed by atoms with Crippen molar-refractivity contribution in [2.45, 2.75) is 39.0 Å². The number of phenolic OH excluding ortho intramolecular Hbond substituents is 1. The molecule has 0 aliphatic rings. The Morgan fingerprint density at radius 2 is 2.00 bits per heavy atom. The van der Waals surface area contributed by atoms with E-state index in [2.05, 4.69) is 6.92 Å². The monoisotopic (exact) mass is 251 g/mol. The van der Waals surface area contributed by atoms with Gasteiger partial charge in [-0.25, -0.2) is 4.79 Å². The second-order valence-corrected chi connectivity index (χ2v) is 4.32. The lowest BCUT2D eigenvalue weighted by Crippen LogP contribution is -2.07. The highest BCUT2D eigenvalue weighted by atomic mass is 16.5. The van der Waals surface area contributed by atoms with Crippen LogP contribution in [0.25, 0.3) is 0 Å². The maximum absolute atomic E-state index is 11.6. The van der Waals surface area contributed by atoms with Crippen molar-refractivity contribution in [3.8, 4) is 5.75 Å². The van der Waals surface area contributed by atoms with Crippen LogP contribution in [0.3, 0.4) is 0 Å². The molecule has 3 N–H and O–H groups in total. The molecule has 0 radical (unpaired) electrons. The molecule has 4 heteroatoms. The van der Waals surface area contributed by atoms with Crippen LogP contribution in [0.4, 0.5) is 5.69 Å². The standard InChI is InChI=1S/C14H21NO3/c1-2-3-4-5-6-9-18-14(17)11-7-8-13(16)12(15)10-11/h7-8,10,16H,2-6,9,15H2,1H3. The summed E-state index contributed by atoms with van der Waals surface area (Å²) in [6.45, 7) is 2.60. The highest BCUT2D eigenvalue weighted by Crippen LogP contribution is 2.20. The number of aromatic hydroxyl groups is 1. The Kier molecular flexibility index (Phi) is 6.05. The summed E-state index contributed by atoms with van der Waals surface area (Å²) < 4.78 is 5.13. The fourth-order valence-corrected chi connectivity index (χ4v) is 1.64. The molecule has 0 spiro atoms. The maximum Gasteiger partial charge on any atom is 0.338 e. The first kappa shape index (κ1) is 14.4. The fourth-order valence-electron chi connectivity index (χ4n) is 1.64. The van der Waals surface area contributed by atoms with Gasteiger partial charge in [0.2, 0.25) is 0 Å². The summed E-state index contributed by atoms with van der Waals surface area (Å²) in [6, 6.07) is 4.33. The van der Waals surface area contributed by atoms with E-state index in [0.29, 0.717) is 12.2 Å². The highest BCUT2D eigenvalue weighted by molar-refractivity contribution is 5.90. The Morgan fingerprint density at radius 3 is 2.67 bits per heavy atom. The number of hydrogen-bond donors (Lipinski definition) is 2. The second-order valence-electron chi connectivity index (χ2n) is 4.32. The Labute approximate surface area is 108 Å². The third-order valence-corrected chi connectivity index (χ3v) is 2.74. The number of esters is 1. The van der Waals surface area contributed by atoms with Gasteiger partial charge in [-0.3, -0.25) is 0 Å². The normalized spacial score (nSPS) is 10.3. The molecule has 0 unspecified atom stereocenters. The Hall–Kier alpha value is -1.71. The van der Waals surface area contributed by atoms with Crippen LogP contribution in [-0.4, -0.2) is 17.7 Å². The number of ether oxygens (including phenoxy) is 1. The summed E-state index contributed by atoms with van der Waals surface area (Å²) in [7, 11) is 0. The average Bonchev–Trinajstić information content (AvgIpc) is 2.36. The van der Waals surface area contributed by atoms with Crippen molar-refractivity contribution in [1.82, 2.24) is 0 Å². The summed E-state index contributed by atoms with van der Waals surface area (Å²) in [6.07, 6.45) is 5.58. The van der Waals surface area contributed by atoms with E-state index < -0.39 is 5.97 Å². The number of rotatable bonds is 7. The van der Waals surface area contributed by atoms with E-state index in [1.54, 1.807) is 0 Å². The number of nitrogen functional groups attached to an aromatic ring is 1. The van der Waals surface area contributed by atoms with Crippen molar-refractivity contribution in [1.29, 1.82) is 0 Å². The van der Waals surface area contributed by atoms with Crippen LogP contribution in [0.5, 0.6) is 5.75 Å². The molecule has 18 heavy (non-hydrogen) atoms. The summed E-state index contributed by atoms with van der Waals surface area (Å²) in [5, 5.41) is 9.24. The van der Waals surface area contributed by atoms with E-state index in [-0.39, 0.29) is 11.4 Å². The zero-order valence-electron chi connectivity index (χ0n) is 10.8. The van der Waals surface area contributed by atoms with E-state index in [4.69, 9.17) is 10.5 Å². The molecule has 1 aromatic rings. The molecule has 4 nitrogen and oxygen atoms in total. The lowest BCUT2D eigenvalue weighted by atomic mass is 10.1. The zero-order chi connectivity index (χ0) is 13.4. The van der Waals surface area contributed by atoms with Gasteiger partial charge in [0.1, 0.15) is 5.75 Å². The van der Waals surface area contributed by atoms with Gasteiger partial charge in [-0.1, -0.05) is 32.6 Å². The van der Waals surface area contributed by atoms with Crippen molar-refractivity contribution in [3.05, 3.63) is 23.8 Å². The number of carbonyl (C=O) groups excluding carboxylic acids is 1. The van der Waals surface area contributed by atoms with Gasteiger partial charge in [0, 0.05) is 0 Å². The summed E-state index contributed by atoms with van der Waals surface area (Å²) in [5.41, 5.74) is 6.07. The molecule has 0 saturated heterocycles. The smallest absolute Gasteiger partial charge is 0.338 e. The van der Waals surface area contributed by atoms with Crippen LogP contribution in [-0.2, 0) is 4.74 Å². The molecule has 0 aromatic heterocycles. The van der Waals surface area contributed by atoms with Crippen LogP contribution in [0.15, 0.2) is 18.2 Å². The van der Waals surface area contributed by atoms with Gasteiger partial charge in [-0.15, -0.1) is 0 Å². The number of anilines is 1. The zero-order valence-corrected chi connectivity index (χ0v) is 10.8. The largest absolute Gasteiger partial charge is 0.506 e. The minimum Gasteiger partial charge on any atom is -0.506 e. The van der Waals surface area contributed by atoms with Gasteiger partial charge < -0.3 is 15.6 Å². The van der Waals surface area contributed by atoms with E-state index in [9.17, 15) is 9.90 Å². The van der Waals surface area contributed by atoms with Crippen molar-refractivity contribution in [2.75, 3.05) is 12.3 Å². The summed E-state index contributed by atoms with van der Waals surface area (Å²) in [5.74, 6) is -0.414. The van der Waals surface area contributed by atoms with Crippen molar-refractivity contribution < 1.29 is 14.6 Å². The molecule has 0 aliphatic carbocycles. The average molecular weight is 251 g/mol. The second kappa shape index (κ2) is 7.58.